The number of nitrogens with zero attached hydrogens (tertiary/aromatic N) is 1. The summed E-state index contributed by atoms with van der Waals surface area (Å²) < 4.78 is 31.1. The summed E-state index contributed by atoms with van der Waals surface area (Å²) in [7, 11) is 0. The highest BCUT2D eigenvalue weighted by molar-refractivity contribution is 5.94. The molecule has 10 heteroatoms. The quantitative estimate of drug-likeness (QED) is 0.290. The molecule has 3 atom stereocenters. The number of carboxylic acids is 1. The van der Waals surface area contributed by atoms with Gasteiger partial charge < -0.3 is 29.7 Å². The molecule has 0 radical (unpaired) electrons. The molecule has 1 fully saturated rings. The number of carbonyl (C=O) groups excluding carboxylic acids is 1. The van der Waals surface area contributed by atoms with Crippen molar-refractivity contribution in [1.82, 2.24) is 4.90 Å². The van der Waals surface area contributed by atoms with Crippen molar-refractivity contribution in [1.29, 1.82) is 0 Å². The van der Waals surface area contributed by atoms with Gasteiger partial charge in [0.2, 0.25) is 18.4 Å². The largest absolute Gasteiger partial charge is 0.491 e. The normalized spacial score (nSPS) is 19.4. The predicted molar refractivity (Wildman–Crippen MR) is 158 cm³/mol. The molecule has 3 aromatic rings. The Morgan fingerprint density at radius 1 is 1.05 bits per heavy atom. The van der Waals surface area contributed by atoms with E-state index in [4.69, 9.17) is 19.3 Å². The molecule has 3 N–H and O–H groups in total. The molecule has 1 unspecified atom stereocenters. The first kappa shape index (κ1) is 30.3. The minimum absolute atomic E-state index is 0.0106. The third-order valence-corrected chi connectivity index (χ3v) is 8.16. The lowest BCUT2D eigenvalue weighted by atomic mass is 9.82. The van der Waals surface area contributed by atoms with E-state index in [0.717, 1.165) is 35.2 Å². The van der Waals surface area contributed by atoms with Crippen LogP contribution in [0.5, 0.6) is 17.2 Å². The third-order valence-electron chi connectivity index (χ3n) is 8.16. The summed E-state index contributed by atoms with van der Waals surface area (Å²) in [5.41, 5.74) is 5.15. The fourth-order valence-electron chi connectivity index (χ4n) is 6.28. The number of aryl methyl sites for hydroxylation is 3. The number of carboxylic acid groups (broad SMARTS) is 1. The van der Waals surface area contributed by atoms with Crippen molar-refractivity contribution in [2.24, 2.45) is 5.92 Å². The van der Waals surface area contributed by atoms with Crippen LogP contribution in [-0.4, -0.2) is 60.1 Å². The van der Waals surface area contributed by atoms with Crippen LogP contribution in [0, 0.1) is 18.7 Å². The van der Waals surface area contributed by atoms with Crippen LogP contribution >= 0.6 is 0 Å². The maximum absolute atomic E-state index is 15.0. The van der Waals surface area contributed by atoms with Gasteiger partial charge in [-0.2, -0.15) is 0 Å². The van der Waals surface area contributed by atoms with Crippen molar-refractivity contribution in [3.63, 3.8) is 0 Å². The summed E-state index contributed by atoms with van der Waals surface area (Å²) in [6.07, 6.45) is 1.50. The third kappa shape index (κ3) is 6.30. The van der Waals surface area contributed by atoms with E-state index in [9.17, 15) is 19.1 Å². The van der Waals surface area contributed by atoms with E-state index in [1.54, 1.807) is 30.3 Å². The number of rotatable bonds is 11. The summed E-state index contributed by atoms with van der Waals surface area (Å²) in [4.78, 5) is 28.4. The number of aliphatic carboxylic acids is 1. The van der Waals surface area contributed by atoms with Crippen LogP contribution in [0.4, 0.5) is 10.1 Å². The fraction of sp³-hybridized carbons (Fsp3) is 0.394. The van der Waals surface area contributed by atoms with Gasteiger partial charge in [-0.3, -0.25) is 14.5 Å². The van der Waals surface area contributed by atoms with E-state index in [-0.39, 0.29) is 50.5 Å². The van der Waals surface area contributed by atoms with E-state index in [1.165, 1.54) is 6.07 Å². The zero-order valence-electron chi connectivity index (χ0n) is 24.6. The number of aliphatic hydroxyl groups excluding tert-OH is 1. The summed E-state index contributed by atoms with van der Waals surface area (Å²) in [5.74, 6) is -2.80. The van der Waals surface area contributed by atoms with Gasteiger partial charge in [-0.15, -0.1) is 0 Å². The lowest BCUT2D eigenvalue weighted by molar-refractivity contribution is -0.143. The van der Waals surface area contributed by atoms with Gasteiger partial charge in [0.15, 0.2) is 11.6 Å². The molecular weight excluding hydrogens is 555 g/mol. The molecule has 0 aromatic heterocycles. The Morgan fingerprint density at radius 3 is 2.37 bits per heavy atom. The lowest BCUT2D eigenvalue weighted by Crippen LogP contribution is -2.35. The Hall–Kier alpha value is -4.15. The van der Waals surface area contributed by atoms with Crippen LogP contribution < -0.4 is 19.5 Å². The summed E-state index contributed by atoms with van der Waals surface area (Å²) in [6.45, 7) is 6.13. The topological polar surface area (TPSA) is 118 Å². The van der Waals surface area contributed by atoms with E-state index in [1.807, 2.05) is 25.7 Å². The number of carbonyl (C=O) groups is 2. The van der Waals surface area contributed by atoms with Crippen LogP contribution in [0.2, 0.25) is 0 Å². The Morgan fingerprint density at radius 2 is 1.74 bits per heavy atom. The Bertz CT molecular complexity index is 1470. The van der Waals surface area contributed by atoms with Gasteiger partial charge in [0.1, 0.15) is 12.4 Å². The molecule has 0 aliphatic carbocycles. The second-order valence-electron chi connectivity index (χ2n) is 10.9. The van der Waals surface area contributed by atoms with Crippen molar-refractivity contribution in [3.05, 3.63) is 82.2 Å². The molecule has 2 aliphatic heterocycles. The van der Waals surface area contributed by atoms with Crippen LogP contribution in [0.15, 0.2) is 48.5 Å². The minimum Gasteiger partial charge on any atom is -0.491 e. The lowest BCUT2D eigenvalue weighted by Gasteiger charge is -2.27. The van der Waals surface area contributed by atoms with Gasteiger partial charge in [-0.1, -0.05) is 43.7 Å². The molecule has 0 saturated carbocycles. The standard InChI is InChI=1S/C33H37FN2O7/c1-4-20-12-19(3)13-21(5-2)30(20)35-28(38)17-36-16-25(23-14-26(34)32-27(15-23)42-18-43-32)29(33(39)40)31(36)22-6-8-24(9-7-22)41-11-10-37/h6-9,12-15,25,29,31,37H,4-5,10-11,16-18H2,1-3H3,(H,35,38)(H,39,40)/t25-,29?,31+/m1/s1. The number of nitrogens with one attached hydrogen (secondary N) is 1. The number of aliphatic hydroxyl groups is 1. The Labute approximate surface area is 250 Å². The number of anilines is 1. The van der Waals surface area contributed by atoms with Crippen LogP contribution in [0.3, 0.4) is 0 Å². The summed E-state index contributed by atoms with van der Waals surface area (Å²) >= 11 is 0. The zero-order chi connectivity index (χ0) is 30.7. The van der Waals surface area contributed by atoms with E-state index in [2.05, 4.69) is 17.4 Å². The van der Waals surface area contributed by atoms with E-state index in [0.29, 0.717) is 16.9 Å². The molecule has 1 amide bonds. The molecule has 2 aliphatic rings. The number of hydrogen-bond acceptors (Lipinski definition) is 7. The van der Waals surface area contributed by atoms with Crippen LogP contribution in [0.1, 0.15) is 53.6 Å². The molecule has 5 rings (SSSR count). The highest BCUT2D eigenvalue weighted by atomic mass is 19.1. The number of ether oxygens (including phenoxy) is 3. The van der Waals surface area contributed by atoms with Gasteiger partial charge in [0.25, 0.3) is 0 Å². The van der Waals surface area contributed by atoms with Gasteiger partial charge >= 0.3 is 5.97 Å². The predicted octanol–water partition coefficient (Wildman–Crippen LogP) is 4.84. The van der Waals surface area contributed by atoms with Gasteiger partial charge in [0, 0.05) is 24.2 Å². The molecule has 9 nitrogen and oxygen atoms in total. The Balaban J connectivity index is 1.50. The van der Waals surface area contributed by atoms with Crippen molar-refractivity contribution >= 4 is 17.6 Å². The van der Waals surface area contributed by atoms with Crippen molar-refractivity contribution in [2.75, 3.05) is 38.4 Å². The molecule has 228 valence electrons. The average molecular weight is 593 g/mol. The molecule has 2 heterocycles. The highest BCUT2D eigenvalue weighted by Gasteiger charge is 2.48. The van der Waals surface area contributed by atoms with Crippen molar-refractivity contribution in [3.8, 4) is 17.2 Å². The Kier molecular flexibility index (Phi) is 9.17. The molecular formula is C33H37FN2O7. The number of likely N-dealkylation sites (tertiary alicyclic amines) is 1. The second-order valence-corrected chi connectivity index (χ2v) is 10.9. The number of benzene rings is 3. The van der Waals surface area contributed by atoms with E-state index >= 15 is 0 Å². The number of fused-ring (bicyclic) bond motifs is 1. The molecule has 0 bridgehead atoms. The number of amides is 1. The number of halogens is 1. The zero-order valence-corrected chi connectivity index (χ0v) is 24.6. The van der Waals surface area contributed by atoms with Crippen molar-refractivity contribution < 1.29 is 38.4 Å². The van der Waals surface area contributed by atoms with Crippen molar-refractivity contribution in [2.45, 2.75) is 45.6 Å². The molecule has 43 heavy (non-hydrogen) atoms. The maximum atomic E-state index is 15.0. The SMILES string of the molecule is CCc1cc(C)cc(CC)c1NC(=O)CN1C[C@H](c2cc(F)c3c(c2)OCO3)C(C(=O)O)[C@@H]1c1ccc(OCCO)cc1. The van der Waals surface area contributed by atoms with Gasteiger partial charge in [-0.05, 0) is 66.3 Å². The average Bonchev–Trinajstić information content (AvgIpc) is 3.62. The highest BCUT2D eigenvalue weighted by Crippen LogP contribution is 2.48. The number of hydrogen-bond donors (Lipinski definition) is 3. The first-order valence-corrected chi connectivity index (χ1v) is 14.6. The monoisotopic (exact) mass is 592 g/mol. The molecule has 3 aromatic carbocycles. The second kappa shape index (κ2) is 13.0. The van der Waals surface area contributed by atoms with Gasteiger partial charge in [-0.25, -0.2) is 4.39 Å². The van der Waals surface area contributed by atoms with E-state index < -0.39 is 29.7 Å². The summed E-state index contributed by atoms with van der Waals surface area (Å²) in [6, 6.07) is 13.3. The molecule has 1 saturated heterocycles. The minimum atomic E-state index is -1.06. The first-order valence-electron chi connectivity index (χ1n) is 14.6. The maximum Gasteiger partial charge on any atom is 0.309 e. The first-order chi connectivity index (χ1) is 20.7. The van der Waals surface area contributed by atoms with Gasteiger partial charge in [0.05, 0.1) is 19.1 Å². The fourth-order valence-corrected chi connectivity index (χ4v) is 6.28. The smallest absolute Gasteiger partial charge is 0.309 e. The van der Waals surface area contributed by atoms with Crippen LogP contribution in [0.25, 0.3) is 0 Å². The van der Waals surface area contributed by atoms with Crippen LogP contribution in [-0.2, 0) is 22.4 Å². The summed E-state index contributed by atoms with van der Waals surface area (Å²) in [5, 5.41) is 22.7. The molecule has 0 spiro atoms.